The van der Waals surface area contributed by atoms with E-state index in [0.29, 0.717) is 41.8 Å². The molecule has 0 aromatic heterocycles. The lowest BCUT2D eigenvalue weighted by molar-refractivity contribution is -0.124. The Hall–Kier alpha value is -3.42. The number of fused-ring (bicyclic) bond motifs is 2. The predicted molar refractivity (Wildman–Crippen MR) is 96.8 cm³/mol. The lowest BCUT2D eigenvalue weighted by Crippen LogP contribution is -2.31. The zero-order valence-corrected chi connectivity index (χ0v) is 15.2. The number of amides is 1. The molecule has 2 aromatic rings. The smallest absolute Gasteiger partial charge is 0.338 e. The van der Waals surface area contributed by atoms with Gasteiger partial charge in [0.2, 0.25) is 6.79 Å². The Labute approximate surface area is 161 Å². The summed E-state index contributed by atoms with van der Waals surface area (Å²) in [6.45, 7) is 2.53. The average Bonchev–Trinajstić information content (AvgIpc) is 3.19. The van der Waals surface area contributed by atoms with E-state index in [1.807, 2.05) is 19.1 Å². The van der Waals surface area contributed by atoms with Crippen molar-refractivity contribution < 1.29 is 33.3 Å². The van der Waals surface area contributed by atoms with Gasteiger partial charge in [-0.3, -0.25) is 4.79 Å². The molecule has 0 radical (unpaired) electrons. The molecule has 8 heteroatoms. The summed E-state index contributed by atoms with van der Waals surface area (Å²) >= 11 is 0. The van der Waals surface area contributed by atoms with Crippen molar-refractivity contribution in [2.45, 2.75) is 13.0 Å². The zero-order valence-electron chi connectivity index (χ0n) is 15.2. The molecule has 1 N–H and O–H groups in total. The van der Waals surface area contributed by atoms with Gasteiger partial charge >= 0.3 is 5.97 Å². The van der Waals surface area contributed by atoms with Gasteiger partial charge in [-0.05, 0) is 42.8 Å². The summed E-state index contributed by atoms with van der Waals surface area (Å²) in [4.78, 5) is 24.3. The van der Waals surface area contributed by atoms with Crippen LogP contribution in [0.2, 0.25) is 0 Å². The van der Waals surface area contributed by atoms with Crippen molar-refractivity contribution in [3.63, 3.8) is 0 Å². The maximum absolute atomic E-state index is 12.2. The number of carbonyl (C=O) groups excluding carboxylic acids is 2. The van der Waals surface area contributed by atoms with E-state index in [-0.39, 0.29) is 19.4 Å². The van der Waals surface area contributed by atoms with Crippen LogP contribution in [0.4, 0.5) is 0 Å². The Morgan fingerprint density at radius 2 is 1.64 bits per heavy atom. The second-order valence-corrected chi connectivity index (χ2v) is 6.34. The van der Waals surface area contributed by atoms with Gasteiger partial charge in [-0.2, -0.15) is 0 Å². The van der Waals surface area contributed by atoms with Crippen LogP contribution < -0.4 is 24.3 Å². The summed E-state index contributed by atoms with van der Waals surface area (Å²) in [6, 6.07) is 9.94. The molecule has 0 saturated carbocycles. The van der Waals surface area contributed by atoms with Gasteiger partial charge in [0.05, 0.1) is 11.6 Å². The fourth-order valence-electron chi connectivity index (χ4n) is 2.93. The molecule has 2 aliphatic rings. The van der Waals surface area contributed by atoms with Crippen LogP contribution >= 0.6 is 0 Å². The summed E-state index contributed by atoms with van der Waals surface area (Å²) in [6.07, 6.45) is 0. The van der Waals surface area contributed by atoms with Crippen molar-refractivity contribution in [1.82, 2.24) is 5.32 Å². The van der Waals surface area contributed by atoms with Gasteiger partial charge in [0, 0.05) is 0 Å². The highest BCUT2D eigenvalue weighted by Gasteiger charge is 2.19. The van der Waals surface area contributed by atoms with Gasteiger partial charge in [-0.15, -0.1) is 0 Å². The zero-order chi connectivity index (χ0) is 19.5. The third-order valence-corrected chi connectivity index (χ3v) is 4.39. The number of ether oxygens (including phenoxy) is 5. The van der Waals surface area contributed by atoms with E-state index in [9.17, 15) is 9.59 Å². The van der Waals surface area contributed by atoms with E-state index in [1.165, 1.54) is 0 Å². The minimum atomic E-state index is -0.608. The molecule has 0 fully saturated rings. The maximum atomic E-state index is 12.2. The number of benzene rings is 2. The quantitative estimate of drug-likeness (QED) is 0.789. The lowest BCUT2D eigenvalue weighted by Gasteiger charge is -2.18. The predicted octanol–water partition coefficient (Wildman–Crippen LogP) is 2.22. The Kier molecular flexibility index (Phi) is 4.92. The molecule has 2 aliphatic heterocycles. The minimum Gasteiger partial charge on any atom is -0.486 e. The number of hydrogen-bond donors (Lipinski definition) is 1. The van der Waals surface area contributed by atoms with Gasteiger partial charge in [-0.1, -0.05) is 6.07 Å². The highest BCUT2D eigenvalue weighted by Crippen LogP contribution is 2.34. The molecule has 0 spiro atoms. The van der Waals surface area contributed by atoms with Gasteiger partial charge in [0.15, 0.2) is 29.6 Å². The van der Waals surface area contributed by atoms with E-state index in [1.54, 1.807) is 24.3 Å². The normalized spacial score (nSPS) is 14.9. The first-order valence-electron chi connectivity index (χ1n) is 8.86. The number of hydrogen-bond acceptors (Lipinski definition) is 7. The topological polar surface area (TPSA) is 92.3 Å². The van der Waals surface area contributed by atoms with Crippen molar-refractivity contribution in [2.75, 3.05) is 26.6 Å². The SMILES string of the molecule is C[C@H](NC(=O)COC(=O)c1ccc2c(c1)OCCO2)c1ccc2c(c1)OCO2. The molecule has 1 atom stereocenters. The van der Waals surface area contributed by atoms with Crippen molar-refractivity contribution in [3.8, 4) is 23.0 Å². The molecule has 8 nitrogen and oxygen atoms in total. The molecule has 0 bridgehead atoms. The second kappa shape index (κ2) is 7.67. The highest BCUT2D eigenvalue weighted by molar-refractivity contribution is 5.92. The Morgan fingerprint density at radius 1 is 0.964 bits per heavy atom. The fraction of sp³-hybridized carbons (Fsp3) is 0.300. The van der Waals surface area contributed by atoms with Crippen LogP contribution in [0.5, 0.6) is 23.0 Å². The van der Waals surface area contributed by atoms with Gasteiger partial charge in [0.1, 0.15) is 13.2 Å². The van der Waals surface area contributed by atoms with Crippen LogP contribution in [-0.2, 0) is 9.53 Å². The van der Waals surface area contributed by atoms with Crippen LogP contribution in [0.15, 0.2) is 36.4 Å². The average molecular weight is 385 g/mol. The number of rotatable bonds is 5. The number of carbonyl (C=O) groups is 2. The molecule has 28 heavy (non-hydrogen) atoms. The number of nitrogens with one attached hydrogen (secondary N) is 1. The van der Waals surface area contributed by atoms with E-state index < -0.39 is 11.9 Å². The Balaban J connectivity index is 1.31. The summed E-state index contributed by atoms with van der Waals surface area (Å²) < 4.78 is 26.6. The monoisotopic (exact) mass is 385 g/mol. The molecule has 1 amide bonds. The van der Waals surface area contributed by atoms with Crippen molar-refractivity contribution >= 4 is 11.9 Å². The van der Waals surface area contributed by atoms with Crippen LogP contribution in [0.3, 0.4) is 0 Å². The fourth-order valence-corrected chi connectivity index (χ4v) is 2.93. The van der Waals surface area contributed by atoms with E-state index in [0.717, 1.165) is 5.56 Å². The summed E-state index contributed by atoms with van der Waals surface area (Å²) in [5.41, 5.74) is 1.15. The molecule has 0 aliphatic carbocycles. The third kappa shape index (κ3) is 3.80. The van der Waals surface area contributed by atoms with Gasteiger partial charge in [-0.25, -0.2) is 4.79 Å². The molecule has 0 unspecified atom stereocenters. The van der Waals surface area contributed by atoms with E-state index in [2.05, 4.69) is 5.32 Å². The van der Waals surface area contributed by atoms with Crippen LogP contribution in [0, 0.1) is 0 Å². The standard InChI is InChI=1S/C20H19NO7/c1-12(13-2-4-16-18(8-13)28-11-27-16)21-19(22)10-26-20(23)14-3-5-15-17(9-14)25-7-6-24-15/h2-5,8-9,12H,6-7,10-11H2,1H3,(H,21,22)/t12-/m0/s1. The van der Waals surface area contributed by atoms with Crippen molar-refractivity contribution in [3.05, 3.63) is 47.5 Å². The highest BCUT2D eigenvalue weighted by atomic mass is 16.7. The van der Waals surface area contributed by atoms with Crippen molar-refractivity contribution in [1.29, 1.82) is 0 Å². The molecule has 2 aromatic carbocycles. The minimum absolute atomic E-state index is 0.190. The van der Waals surface area contributed by atoms with E-state index in [4.69, 9.17) is 23.7 Å². The molecule has 0 saturated heterocycles. The third-order valence-electron chi connectivity index (χ3n) is 4.39. The lowest BCUT2D eigenvalue weighted by atomic mass is 10.1. The first-order chi connectivity index (χ1) is 13.6. The van der Waals surface area contributed by atoms with Gasteiger partial charge in [0.25, 0.3) is 5.91 Å². The maximum Gasteiger partial charge on any atom is 0.338 e. The van der Waals surface area contributed by atoms with Crippen LogP contribution in [0.25, 0.3) is 0 Å². The summed E-state index contributed by atoms with van der Waals surface area (Å²) in [5, 5.41) is 2.79. The summed E-state index contributed by atoms with van der Waals surface area (Å²) in [7, 11) is 0. The van der Waals surface area contributed by atoms with Crippen LogP contribution in [0.1, 0.15) is 28.9 Å². The van der Waals surface area contributed by atoms with Crippen LogP contribution in [-0.4, -0.2) is 38.5 Å². The molecule has 2 heterocycles. The summed E-state index contributed by atoms with van der Waals surface area (Å²) in [5.74, 6) is 1.37. The van der Waals surface area contributed by atoms with E-state index >= 15 is 0 Å². The largest absolute Gasteiger partial charge is 0.486 e. The number of esters is 1. The first kappa shape index (κ1) is 18.0. The Morgan fingerprint density at radius 3 is 2.50 bits per heavy atom. The second-order valence-electron chi connectivity index (χ2n) is 6.34. The molecular formula is C20H19NO7. The molecular weight excluding hydrogens is 366 g/mol. The Bertz CT molecular complexity index is 911. The molecule has 146 valence electrons. The molecule has 4 rings (SSSR count). The van der Waals surface area contributed by atoms with Crippen molar-refractivity contribution in [2.24, 2.45) is 0 Å². The van der Waals surface area contributed by atoms with Gasteiger partial charge < -0.3 is 29.0 Å². The first-order valence-corrected chi connectivity index (χ1v) is 8.86.